The predicted octanol–water partition coefficient (Wildman–Crippen LogP) is 3.16. The van der Waals surface area contributed by atoms with Gasteiger partial charge in [-0.15, -0.1) is 0 Å². The molecule has 3 heteroatoms. The average Bonchev–Trinajstić information content (AvgIpc) is 2.99. The molecule has 1 N–H and O–H groups in total. The van der Waals surface area contributed by atoms with Crippen LogP contribution in [-0.2, 0) is 11.2 Å². The Labute approximate surface area is 134 Å². The van der Waals surface area contributed by atoms with Crippen LogP contribution >= 0.6 is 0 Å². The predicted molar refractivity (Wildman–Crippen MR) is 89.6 cm³/mol. The summed E-state index contributed by atoms with van der Waals surface area (Å²) in [5, 5.41) is 3.41. The quantitative estimate of drug-likeness (QED) is 0.926. The number of aryl methyl sites for hydroxylation is 1. The number of nitrogens with zero attached hydrogens (tertiary/aromatic N) is 1. The largest absolute Gasteiger partial charge is 0.339 e. The highest BCUT2D eigenvalue weighted by molar-refractivity contribution is 5.77. The molecule has 3 rings (SSSR count). The first-order valence-corrected chi connectivity index (χ1v) is 8.71. The van der Waals surface area contributed by atoms with Gasteiger partial charge in [-0.1, -0.05) is 31.2 Å². The number of carbonyl (C=O) groups excluding carboxylic acids is 1. The van der Waals surface area contributed by atoms with Crippen molar-refractivity contribution in [1.82, 2.24) is 10.2 Å². The summed E-state index contributed by atoms with van der Waals surface area (Å²) < 4.78 is 0. The zero-order valence-corrected chi connectivity index (χ0v) is 13.8. The Morgan fingerprint density at radius 1 is 1.27 bits per heavy atom. The van der Waals surface area contributed by atoms with E-state index in [1.54, 1.807) is 0 Å². The second-order valence-corrected chi connectivity index (χ2v) is 7.03. The van der Waals surface area contributed by atoms with Crippen LogP contribution in [0.1, 0.15) is 49.8 Å². The van der Waals surface area contributed by atoms with E-state index >= 15 is 0 Å². The molecule has 2 atom stereocenters. The number of hydrogen-bond acceptors (Lipinski definition) is 2. The van der Waals surface area contributed by atoms with Crippen LogP contribution in [0.2, 0.25) is 0 Å². The molecule has 0 bridgehead atoms. The monoisotopic (exact) mass is 300 g/mol. The van der Waals surface area contributed by atoms with Gasteiger partial charge in [-0.25, -0.2) is 0 Å². The second-order valence-electron chi connectivity index (χ2n) is 7.03. The van der Waals surface area contributed by atoms with Crippen LogP contribution in [0.4, 0.5) is 0 Å². The summed E-state index contributed by atoms with van der Waals surface area (Å²) in [4.78, 5) is 14.7. The Bertz CT molecular complexity index is 522. The van der Waals surface area contributed by atoms with Crippen LogP contribution < -0.4 is 5.32 Å². The fourth-order valence-electron chi connectivity index (χ4n) is 4.11. The molecule has 22 heavy (non-hydrogen) atoms. The fraction of sp³-hybridized carbons (Fsp3) is 0.632. The molecule has 3 nitrogen and oxygen atoms in total. The number of carbonyl (C=O) groups is 1. The van der Waals surface area contributed by atoms with Crippen molar-refractivity contribution in [3.8, 4) is 0 Å². The number of piperidine rings is 1. The van der Waals surface area contributed by atoms with Crippen LogP contribution in [0.25, 0.3) is 0 Å². The van der Waals surface area contributed by atoms with Crippen LogP contribution in [0, 0.1) is 11.8 Å². The third-order valence-electron chi connectivity index (χ3n) is 5.65. The van der Waals surface area contributed by atoms with E-state index < -0.39 is 0 Å². The lowest BCUT2D eigenvalue weighted by Crippen LogP contribution is -2.35. The molecule has 1 amide bonds. The second kappa shape index (κ2) is 6.82. The Morgan fingerprint density at radius 3 is 2.77 bits per heavy atom. The Kier molecular flexibility index (Phi) is 4.82. The van der Waals surface area contributed by atoms with Gasteiger partial charge in [0, 0.05) is 13.5 Å². The first kappa shape index (κ1) is 15.5. The number of nitrogens with one attached hydrogen (secondary N) is 1. The van der Waals surface area contributed by atoms with Crippen molar-refractivity contribution in [1.29, 1.82) is 0 Å². The lowest BCUT2D eigenvalue weighted by molar-refractivity contribution is -0.133. The highest BCUT2D eigenvalue weighted by Gasteiger charge is 2.30. The number of rotatable bonds is 4. The Morgan fingerprint density at radius 2 is 2.00 bits per heavy atom. The van der Waals surface area contributed by atoms with E-state index in [2.05, 4.69) is 36.5 Å². The first-order chi connectivity index (χ1) is 10.7. The van der Waals surface area contributed by atoms with E-state index in [1.807, 2.05) is 11.9 Å². The molecular formula is C19H28N2O. The third kappa shape index (κ3) is 3.19. The Hall–Kier alpha value is -1.35. The van der Waals surface area contributed by atoms with E-state index in [9.17, 15) is 4.79 Å². The third-order valence-corrected chi connectivity index (χ3v) is 5.65. The van der Waals surface area contributed by atoms with E-state index in [4.69, 9.17) is 0 Å². The summed E-state index contributed by atoms with van der Waals surface area (Å²) in [6, 6.07) is 8.86. The topological polar surface area (TPSA) is 32.3 Å². The molecule has 2 aliphatic rings. The first-order valence-electron chi connectivity index (χ1n) is 8.71. The maximum atomic E-state index is 12.7. The molecule has 0 radical (unpaired) electrons. The zero-order valence-electron chi connectivity index (χ0n) is 13.8. The minimum absolute atomic E-state index is 0.281. The van der Waals surface area contributed by atoms with Gasteiger partial charge in [0.15, 0.2) is 0 Å². The molecule has 1 aliphatic carbocycles. The molecule has 1 saturated heterocycles. The molecule has 1 aromatic rings. The summed E-state index contributed by atoms with van der Waals surface area (Å²) in [5.74, 6) is 1.51. The van der Waals surface area contributed by atoms with Crippen LogP contribution in [-0.4, -0.2) is 30.9 Å². The standard InChI is InChI=1S/C19H28N2O/c1-14(15-9-11-20-12-10-15)13-19(22)21(2)18-8-7-16-5-3-4-6-17(16)18/h3-6,14-15,18,20H,7-13H2,1-2H3. The van der Waals surface area contributed by atoms with E-state index in [-0.39, 0.29) is 6.04 Å². The molecule has 1 aromatic carbocycles. The minimum Gasteiger partial charge on any atom is -0.339 e. The molecule has 1 aliphatic heterocycles. The van der Waals surface area contributed by atoms with Crippen molar-refractivity contribution in [3.05, 3.63) is 35.4 Å². The zero-order chi connectivity index (χ0) is 15.5. The average molecular weight is 300 g/mol. The van der Waals surface area contributed by atoms with Gasteiger partial charge < -0.3 is 10.2 Å². The van der Waals surface area contributed by atoms with Crippen molar-refractivity contribution >= 4 is 5.91 Å². The highest BCUT2D eigenvalue weighted by atomic mass is 16.2. The molecule has 0 saturated carbocycles. The fourth-order valence-corrected chi connectivity index (χ4v) is 4.11. The maximum Gasteiger partial charge on any atom is 0.223 e. The minimum atomic E-state index is 0.281. The lowest BCUT2D eigenvalue weighted by Gasteiger charge is -2.31. The van der Waals surface area contributed by atoms with Crippen LogP contribution in [0.5, 0.6) is 0 Å². The summed E-state index contributed by atoms with van der Waals surface area (Å²) in [5.41, 5.74) is 2.77. The number of fused-ring (bicyclic) bond motifs is 1. The van der Waals surface area contributed by atoms with Crippen molar-refractivity contribution in [3.63, 3.8) is 0 Å². The summed E-state index contributed by atoms with van der Waals surface area (Å²) in [6.07, 6.45) is 5.29. The number of amides is 1. The lowest BCUT2D eigenvalue weighted by atomic mass is 9.84. The van der Waals surface area contributed by atoms with Crippen molar-refractivity contribution < 1.29 is 4.79 Å². The molecule has 0 aromatic heterocycles. The van der Waals surface area contributed by atoms with Gasteiger partial charge in [-0.3, -0.25) is 4.79 Å². The van der Waals surface area contributed by atoms with Crippen LogP contribution in [0.15, 0.2) is 24.3 Å². The van der Waals surface area contributed by atoms with Gasteiger partial charge in [-0.05, 0) is 61.7 Å². The number of hydrogen-bond donors (Lipinski definition) is 1. The molecule has 1 heterocycles. The van der Waals surface area contributed by atoms with Crippen molar-refractivity contribution in [2.45, 2.75) is 45.1 Å². The normalized spacial score (nSPS) is 23.1. The smallest absolute Gasteiger partial charge is 0.223 e. The van der Waals surface area contributed by atoms with E-state index in [1.165, 1.54) is 24.0 Å². The molecule has 120 valence electrons. The highest BCUT2D eigenvalue weighted by Crippen LogP contribution is 2.35. The molecular weight excluding hydrogens is 272 g/mol. The van der Waals surface area contributed by atoms with Crippen molar-refractivity contribution in [2.24, 2.45) is 11.8 Å². The van der Waals surface area contributed by atoms with Gasteiger partial charge in [0.05, 0.1) is 6.04 Å². The van der Waals surface area contributed by atoms with Gasteiger partial charge in [0.1, 0.15) is 0 Å². The van der Waals surface area contributed by atoms with E-state index in [0.29, 0.717) is 24.2 Å². The molecule has 1 fully saturated rings. The van der Waals surface area contributed by atoms with Crippen LogP contribution in [0.3, 0.4) is 0 Å². The van der Waals surface area contributed by atoms with Gasteiger partial charge in [0.25, 0.3) is 0 Å². The maximum absolute atomic E-state index is 12.7. The van der Waals surface area contributed by atoms with Gasteiger partial charge in [0.2, 0.25) is 5.91 Å². The SMILES string of the molecule is CC(CC(=O)N(C)C1CCc2ccccc21)C1CCNCC1. The summed E-state index contributed by atoms with van der Waals surface area (Å²) in [6.45, 7) is 4.47. The summed E-state index contributed by atoms with van der Waals surface area (Å²) >= 11 is 0. The summed E-state index contributed by atoms with van der Waals surface area (Å²) in [7, 11) is 1.99. The van der Waals surface area contributed by atoms with Crippen molar-refractivity contribution in [2.75, 3.05) is 20.1 Å². The molecule has 2 unspecified atom stereocenters. The van der Waals surface area contributed by atoms with Gasteiger partial charge in [-0.2, -0.15) is 0 Å². The molecule has 0 spiro atoms. The number of benzene rings is 1. The van der Waals surface area contributed by atoms with E-state index in [0.717, 1.165) is 25.9 Å². The van der Waals surface area contributed by atoms with Gasteiger partial charge >= 0.3 is 0 Å². The Balaban J connectivity index is 1.60.